The van der Waals surface area contributed by atoms with Gasteiger partial charge in [-0.2, -0.15) is 5.10 Å². The molecule has 1 unspecified atom stereocenters. The van der Waals surface area contributed by atoms with Crippen molar-refractivity contribution in [3.63, 3.8) is 0 Å². The summed E-state index contributed by atoms with van der Waals surface area (Å²) in [5.41, 5.74) is 2.02. The Kier molecular flexibility index (Phi) is 4.70. The SMILES string of the molecule is Cc1csc(CC(O)Cc2ccn(C3CCCCC3)n2)n1. The molecule has 0 aliphatic heterocycles. The van der Waals surface area contributed by atoms with Gasteiger partial charge in [-0.25, -0.2) is 4.98 Å². The highest BCUT2D eigenvalue weighted by atomic mass is 32.1. The molecule has 1 aliphatic carbocycles. The van der Waals surface area contributed by atoms with Gasteiger partial charge in [-0.1, -0.05) is 19.3 Å². The van der Waals surface area contributed by atoms with Gasteiger partial charge in [-0.05, 0) is 25.8 Å². The number of aliphatic hydroxyl groups excluding tert-OH is 1. The molecular formula is C16H23N3OS. The molecule has 0 spiro atoms. The third-order valence-electron chi connectivity index (χ3n) is 4.13. The molecule has 1 aliphatic rings. The predicted octanol–water partition coefficient (Wildman–Crippen LogP) is 3.30. The minimum Gasteiger partial charge on any atom is -0.392 e. The van der Waals surface area contributed by atoms with Gasteiger partial charge in [0.05, 0.1) is 22.8 Å². The number of aromatic nitrogens is 3. The monoisotopic (exact) mass is 305 g/mol. The zero-order valence-electron chi connectivity index (χ0n) is 12.5. The van der Waals surface area contributed by atoms with Crippen LogP contribution < -0.4 is 0 Å². The van der Waals surface area contributed by atoms with Gasteiger partial charge in [0.1, 0.15) is 0 Å². The molecule has 1 saturated carbocycles. The van der Waals surface area contributed by atoms with E-state index in [4.69, 9.17) is 0 Å². The first-order valence-corrected chi connectivity index (χ1v) is 8.72. The summed E-state index contributed by atoms with van der Waals surface area (Å²) >= 11 is 1.62. The smallest absolute Gasteiger partial charge is 0.0954 e. The first kappa shape index (κ1) is 14.7. The Bertz CT molecular complexity index is 572. The van der Waals surface area contributed by atoms with Gasteiger partial charge in [0.2, 0.25) is 0 Å². The Morgan fingerprint density at radius 2 is 2.14 bits per heavy atom. The average Bonchev–Trinajstić information content (AvgIpc) is 3.09. The highest BCUT2D eigenvalue weighted by Crippen LogP contribution is 2.27. The molecule has 3 rings (SSSR count). The number of aliphatic hydroxyl groups is 1. The Labute approximate surface area is 129 Å². The van der Waals surface area contributed by atoms with E-state index in [1.54, 1.807) is 11.3 Å². The molecule has 2 aromatic heterocycles. The van der Waals surface area contributed by atoms with Gasteiger partial charge < -0.3 is 5.11 Å². The lowest BCUT2D eigenvalue weighted by molar-refractivity contribution is 0.173. The highest BCUT2D eigenvalue weighted by molar-refractivity contribution is 7.09. The van der Waals surface area contributed by atoms with Crippen molar-refractivity contribution in [1.29, 1.82) is 0 Å². The lowest BCUT2D eigenvalue weighted by Gasteiger charge is -2.21. The van der Waals surface area contributed by atoms with Crippen molar-refractivity contribution in [2.45, 2.75) is 64.0 Å². The summed E-state index contributed by atoms with van der Waals surface area (Å²) in [6, 6.07) is 2.61. The minimum absolute atomic E-state index is 0.398. The van der Waals surface area contributed by atoms with E-state index in [1.165, 1.54) is 32.1 Å². The summed E-state index contributed by atoms with van der Waals surface area (Å²) in [4.78, 5) is 4.40. The lowest BCUT2D eigenvalue weighted by Crippen LogP contribution is -2.16. The van der Waals surface area contributed by atoms with Crippen LogP contribution in [0, 0.1) is 6.92 Å². The quantitative estimate of drug-likeness (QED) is 0.922. The maximum absolute atomic E-state index is 10.2. The molecule has 2 aromatic rings. The summed E-state index contributed by atoms with van der Waals surface area (Å²) in [6.07, 6.45) is 9.36. The standard InChI is InChI=1S/C16H23N3OS/c1-12-11-21-16(17-12)10-15(20)9-13-7-8-19(18-13)14-5-3-2-4-6-14/h7-8,11,14-15,20H,2-6,9-10H2,1H3. The lowest BCUT2D eigenvalue weighted by atomic mass is 9.96. The second-order valence-electron chi connectivity index (χ2n) is 6.02. The van der Waals surface area contributed by atoms with Gasteiger partial charge in [-0.15, -0.1) is 11.3 Å². The van der Waals surface area contributed by atoms with Crippen LogP contribution in [0.5, 0.6) is 0 Å². The van der Waals surface area contributed by atoms with E-state index >= 15 is 0 Å². The molecule has 4 nitrogen and oxygen atoms in total. The van der Waals surface area contributed by atoms with E-state index < -0.39 is 6.10 Å². The fraction of sp³-hybridized carbons (Fsp3) is 0.625. The molecule has 0 amide bonds. The van der Waals surface area contributed by atoms with Gasteiger partial charge >= 0.3 is 0 Å². The van der Waals surface area contributed by atoms with Gasteiger partial charge in [0.15, 0.2) is 0 Å². The molecule has 0 aromatic carbocycles. The van der Waals surface area contributed by atoms with Crippen molar-refractivity contribution >= 4 is 11.3 Å². The molecule has 1 N–H and O–H groups in total. The normalized spacial score (nSPS) is 18.0. The van der Waals surface area contributed by atoms with Crippen LogP contribution in [0.1, 0.15) is 54.5 Å². The summed E-state index contributed by atoms with van der Waals surface area (Å²) in [6.45, 7) is 1.98. The number of rotatable bonds is 5. The third-order valence-corrected chi connectivity index (χ3v) is 5.12. The summed E-state index contributed by atoms with van der Waals surface area (Å²) < 4.78 is 2.11. The Hall–Kier alpha value is -1.20. The van der Waals surface area contributed by atoms with Crippen molar-refractivity contribution in [1.82, 2.24) is 14.8 Å². The first-order chi connectivity index (χ1) is 10.2. The number of nitrogens with zero attached hydrogens (tertiary/aromatic N) is 3. The molecular weight excluding hydrogens is 282 g/mol. The molecule has 21 heavy (non-hydrogen) atoms. The topological polar surface area (TPSA) is 50.9 Å². The molecule has 1 fully saturated rings. The van der Waals surface area contributed by atoms with Crippen LogP contribution in [0.2, 0.25) is 0 Å². The van der Waals surface area contributed by atoms with Gasteiger partial charge in [0, 0.05) is 30.1 Å². The molecule has 0 bridgehead atoms. The van der Waals surface area contributed by atoms with E-state index in [1.807, 2.05) is 18.4 Å². The van der Waals surface area contributed by atoms with Gasteiger partial charge in [-0.3, -0.25) is 4.68 Å². The van der Waals surface area contributed by atoms with Crippen molar-refractivity contribution in [2.24, 2.45) is 0 Å². The molecule has 0 radical (unpaired) electrons. The van der Waals surface area contributed by atoms with Gasteiger partial charge in [0.25, 0.3) is 0 Å². The minimum atomic E-state index is -0.398. The summed E-state index contributed by atoms with van der Waals surface area (Å²) in [7, 11) is 0. The van der Waals surface area contributed by atoms with Crippen LogP contribution in [0.3, 0.4) is 0 Å². The van der Waals surface area contributed by atoms with Crippen LogP contribution in [-0.2, 0) is 12.8 Å². The average molecular weight is 305 g/mol. The Balaban J connectivity index is 1.56. The maximum Gasteiger partial charge on any atom is 0.0954 e. The second-order valence-corrected chi connectivity index (χ2v) is 6.97. The zero-order chi connectivity index (χ0) is 14.7. The Morgan fingerprint density at radius 3 is 2.86 bits per heavy atom. The van der Waals surface area contributed by atoms with Crippen molar-refractivity contribution < 1.29 is 5.11 Å². The summed E-state index contributed by atoms with van der Waals surface area (Å²) in [5, 5.41) is 17.9. The first-order valence-electron chi connectivity index (χ1n) is 7.84. The van der Waals surface area contributed by atoms with Crippen LogP contribution >= 0.6 is 11.3 Å². The Morgan fingerprint density at radius 1 is 1.33 bits per heavy atom. The van der Waals surface area contributed by atoms with E-state index in [2.05, 4.69) is 21.0 Å². The highest BCUT2D eigenvalue weighted by Gasteiger charge is 2.17. The van der Waals surface area contributed by atoms with Crippen molar-refractivity contribution in [3.05, 3.63) is 34.0 Å². The molecule has 0 saturated heterocycles. The molecule has 5 heteroatoms. The largest absolute Gasteiger partial charge is 0.392 e. The maximum atomic E-state index is 10.2. The zero-order valence-corrected chi connectivity index (χ0v) is 13.4. The number of hydrogen-bond donors (Lipinski definition) is 1. The fourth-order valence-electron chi connectivity index (χ4n) is 3.05. The summed E-state index contributed by atoms with van der Waals surface area (Å²) in [5.74, 6) is 0. The predicted molar refractivity (Wildman–Crippen MR) is 84.6 cm³/mol. The van der Waals surface area contributed by atoms with E-state index in [0.29, 0.717) is 18.9 Å². The van der Waals surface area contributed by atoms with Crippen LogP contribution in [0.15, 0.2) is 17.6 Å². The fourth-order valence-corrected chi connectivity index (χ4v) is 3.89. The van der Waals surface area contributed by atoms with Crippen molar-refractivity contribution in [3.8, 4) is 0 Å². The number of thiazole rings is 1. The number of hydrogen-bond acceptors (Lipinski definition) is 4. The van der Waals surface area contributed by atoms with E-state index in [9.17, 15) is 5.11 Å². The number of aryl methyl sites for hydroxylation is 1. The van der Waals surface area contributed by atoms with Crippen LogP contribution in [0.4, 0.5) is 0 Å². The van der Waals surface area contributed by atoms with Crippen LogP contribution in [-0.4, -0.2) is 26.0 Å². The van der Waals surface area contributed by atoms with E-state index in [0.717, 1.165) is 16.4 Å². The van der Waals surface area contributed by atoms with Crippen LogP contribution in [0.25, 0.3) is 0 Å². The third kappa shape index (κ3) is 3.92. The second kappa shape index (κ2) is 6.71. The van der Waals surface area contributed by atoms with Crippen molar-refractivity contribution in [2.75, 3.05) is 0 Å². The molecule has 1 atom stereocenters. The molecule has 2 heterocycles. The molecule has 114 valence electrons. The van der Waals surface area contributed by atoms with E-state index in [-0.39, 0.29) is 0 Å².